The van der Waals surface area contributed by atoms with Crippen LogP contribution in [0.1, 0.15) is 12.8 Å². The van der Waals surface area contributed by atoms with Crippen molar-refractivity contribution >= 4 is 23.8 Å². The molecule has 2 aromatic heterocycles. The number of morpholine rings is 1. The Morgan fingerprint density at radius 1 is 1.13 bits per heavy atom. The Bertz CT molecular complexity index is 913. The highest BCUT2D eigenvalue weighted by atomic mass is 16.5. The number of anilines is 3. The maximum Gasteiger partial charge on any atom is 0.407 e. The van der Waals surface area contributed by atoms with Gasteiger partial charge in [-0.05, 0) is 0 Å². The fourth-order valence-electron chi connectivity index (χ4n) is 3.46. The minimum atomic E-state index is -0.911. The lowest BCUT2D eigenvalue weighted by Crippen LogP contribution is -2.41. The van der Waals surface area contributed by atoms with Gasteiger partial charge in [0.1, 0.15) is 11.9 Å². The van der Waals surface area contributed by atoms with Crippen LogP contribution in [0.3, 0.4) is 0 Å². The second-order valence-corrected chi connectivity index (χ2v) is 7.10. The first-order valence-corrected chi connectivity index (χ1v) is 9.74. The molecule has 0 bridgehead atoms. The Kier molecular flexibility index (Phi) is 5.65. The molecule has 2 aromatic rings. The molecule has 2 aliphatic rings. The van der Waals surface area contributed by atoms with Crippen molar-refractivity contribution in [2.24, 2.45) is 0 Å². The van der Waals surface area contributed by atoms with E-state index < -0.39 is 6.09 Å². The van der Waals surface area contributed by atoms with Gasteiger partial charge >= 0.3 is 6.09 Å². The molecule has 0 spiro atoms. The highest BCUT2D eigenvalue weighted by Crippen LogP contribution is 2.29. The number of nitrogens with two attached hydrogens (primary N) is 2. The highest BCUT2D eigenvalue weighted by molar-refractivity contribution is 5.72. The molecule has 4 heterocycles. The number of nitrogens with zero attached hydrogens (tertiary/aromatic N) is 6. The molecule has 2 aliphatic heterocycles. The zero-order chi connectivity index (χ0) is 21.1. The quantitative estimate of drug-likeness (QED) is 0.633. The summed E-state index contributed by atoms with van der Waals surface area (Å²) in [6.07, 6.45) is 1.65. The summed E-state index contributed by atoms with van der Waals surface area (Å²) in [5.74, 6) is 1.20. The van der Waals surface area contributed by atoms with Crippen molar-refractivity contribution < 1.29 is 19.4 Å². The first-order chi connectivity index (χ1) is 14.5. The fraction of sp³-hybridized carbons (Fsp3) is 0.500. The Labute approximate surface area is 172 Å². The van der Waals surface area contributed by atoms with Gasteiger partial charge in [-0.1, -0.05) is 0 Å². The number of aromatic nitrogens is 4. The van der Waals surface area contributed by atoms with Crippen molar-refractivity contribution in [1.29, 1.82) is 0 Å². The average Bonchev–Trinajstić information content (AvgIpc) is 2.74. The van der Waals surface area contributed by atoms with E-state index in [0.29, 0.717) is 75.3 Å². The molecular formula is C18H24N8O4. The van der Waals surface area contributed by atoms with E-state index in [1.165, 1.54) is 11.1 Å². The van der Waals surface area contributed by atoms with Gasteiger partial charge in [0.25, 0.3) is 0 Å². The molecule has 2 saturated heterocycles. The molecule has 160 valence electrons. The number of piperidine rings is 1. The average molecular weight is 416 g/mol. The predicted molar refractivity (Wildman–Crippen MR) is 108 cm³/mol. The maximum absolute atomic E-state index is 11.1. The minimum absolute atomic E-state index is 0.0837. The van der Waals surface area contributed by atoms with Crippen LogP contribution in [0.25, 0.3) is 11.3 Å². The zero-order valence-electron chi connectivity index (χ0n) is 16.4. The summed E-state index contributed by atoms with van der Waals surface area (Å²) in [6, 6.07) is 1.69. The third kappa shape index (κ3) is 4.43. The highest BCUT2D eigenvalue weighted by Gasteiger charge is 2.25. The van der Waals surface area contributed by atoms with Gasteiger partial charge in [0.05, 0.1) is 24.5 Å². The summed E-state index contributed by atoms with van der Waals surface area (Å²) >= 11 is 0. The van der Waals surface area contributed by atoms with Crippen molar-refractivity contribution in [2.75, 3.05) is 55.8 Å². The number of nitrogen functional groups attached to an aromatic ring is 2. The summed E-state index contributed by atoms with van der Waals surface area (Å²) < 4.78 is 11.5. The van der Waals surface area contributed by atoms with Gasteiger partial charge in [-0.25, -0.2) is 14.8 Å². The van der Waals surface area contributed by atoms with Gasteiger partial charge in [0, 0.05) is 51.3 Å². The van der Waals surface area contributed by atoms with Gasteiger partial charge in [-0.3, -0.25) is 0 Å². The molecule has 0 radical (unpaired) electrons. The van der Waals surface area contributed by atoms with Crippen molar-refractivity contribution in [2.45, 2.75) is 18.9 Å². The van der Waals surface area contributed by atoms with E-state index in [1.807, 2.05) is 4.90 Å². The number of hydrogen-bond acceptors (Lipinski definition) is 10. The molecule has 0 saturated carbocycles. The summed E-state index contributed by atoms with van der Waals surface area (Å²) in [7, 11) is 0. The van der Waals surface area contributed by atoms with Crippen LogP contribution in [0.15, 0.2) is 12.3 Å². The van der Waals surface area contributed by atoms with Crippen LogP contribution >= 0.6 is 0 Å². The lowest BCUT2D eigenvalue weighted by atomic mass is 10.1. The van der Waals surface area contributed by atoms with Crippen LogP contribution in [0.4, 0.5) is 22.5 Å². The van der Waals surface area contributed by atoms with E-state index in [0.717, 1.165) is 0 Å². The van der Waals surface area contributed by atoms with Gasteiger partial charge in [-0.2, -0.15) is 9.97 Å². The topological polar surface area (TPSA) is 166 Å². The number of carbonyl (C=O) groups is 1. The second kappa shape index (κ2) is 8.53. The van der Waals surface area contributed by atoms with E-state index in [4.69, 9.17) is 26.0 Å². The standard InChI is InChI=1S/C18H24N8O4/c19-15-12(10-21-16(20)24-15)13-9-14(23-17(22-13)25-5-7-29-8-6-25)30-11-1-3-26(4-2-11)18(27)28/h9-11H,1-8H2,(H,27,28)(H4,19,20,21,24). The predicted octanol–water partition coefficient (Wildman–Crippen LogP) is 0.456. The molecule has 12 nitrogen and oxygen atoms in total. The molecular weight excluding hydrogens is 392 g/mol. The molecule has 0 atom stereocenters. The fourth-order valence-corrected chi connectivity index (χ4v) is 3.46. The monoisotopic (exact) mass is 416 g/mol. The largest absolute Gasteiger partial charge is 0.474 e. The summed E-state index contributed by atoms with van der Waals surface area (Å²) in [5, 5.41) is 9.12. The molecule has 2 fully saturated rings. The molecule has 0 aliphatic carbocycles. The second-order valence-electron chi connectivity index (χ2n) is 7.10. The van der Waals surface area contributed by atoms with Crippen molar-refractivity contribution in [3.63, 3.8) is 0 Å². The third-order valence-electron chi connectivity index (χ3n) is 5.10. The molecule has 30 heavy (non-hydrogen) atoms. The van der Waals surface area contributed by atoms with E-state index in [2.05, 4.69) is 19.9 Å². The van der Waals surface area contributed by atoms with Crippen molar-refractivity contribution in [3.05, 3.63) is 12.3 Å². The van der Waals surface area contributed by atoms with Gasteiger partial charge in [0.15, 0.2) is 0 Å². The van der Waals surface area contributed by atoms with Crippen molar-refractivity contribution in [3.8, 4) is 17.1 Å². The van der Waals surface area contributed by atoms with Crippen LogP contribution in [-0.2, 0) is 4.74 Å². The Balaban J connectivity index is 1.61. The Morgan fingerprint density at radius 3 is 2.53 bits per heavy atom. The SMILES string of the molecule is Nc1ncc(-c2cc(OC3CCN(C(=O)O)CC3)nc(N3CCOCC3)n2)c(N)n1. The van der Waals surface area contributed by atoms with Crippen molar-refractivity contribution in [1.82, 2.24) is 24.8 Å². The van der Waals surface area contributed by atoms with Crippen LogP contribution in [-0.4, -0.2) is 81.5 Å². The Morgan fingerprint density at radius 2 is 1.87 bits per heavy atom. The van der Waals surface area contributed by atoms with Gasteiger partial charge in [-0.15, -0.1) is 0 Å². The first-order valence-electron chi connectivity index (χ1n) is 9.74. The molecule has 4 rings (SSSR count). The number of carboxylic acid groups (broad SMARTS) is 1. The van der Waals surface area contributed by atoms with E-state index in [-0.39, 0.29) is 17.9 Å². The molecule has 5 N–H and O–H groups in total. The normalized spacial score (nSPS) is 17.7. The zero-order valence-corrected chi connectivity index (χ0v) is 16.4. The molecule has 0 unspecified atom stereocenters. The van der Waals surface area contributed by atoms with Crippen LogP contribution < -0.4 is 21.1 Å². The van der Waals surface area contributed by atoms with Crippen LogP contribution in [0.5, 0.6) is 5.88 Å². The number of hydrogen-bond donors (Lipinski definition) is 3. The Hall–Kier alpha value is -3.41. The van der Waals surface area contributed by atoms with Crippen LogP contribution in [0.2, 0.25) is 0 Å². The summed E-state index contributed by atoms with van der Waals surface area (Å²) in [5.41, 5.74) is 12.7. The number of rotatable bonds is 4. The molecule has 1 amide bonds. The third-order valence-corrected chi connectivity index (χ3v) is 5.10. The lowest BCUT2D eigenvalue weighted by molar-refractivity contribution is 0.0869. The summed E-state index contributed by atoms with van der Waals surface area (Å²) in [4.78, 5) is 31.8. The molecule has 12 heteroatoms. The van der Waals surface area contributed by atoms with E-state index in [9.17, 15) is 4.79 Å². The van der Waals surface area contributed by atoms with Gasteiger partial charge in [0.2, 0.25) is 17.8 Å². The number of ether oxygens (including phenoxy) is 2. The number of amides is 1. The molecule has 0 aromatic carbocycles. The van der Waals surface area contributed by atoms with Gasteiger partial charge < -0.3 is 35.8 Å². The van der Waals surface area contributed by atoms with E-state index in [1.54, 1.807) is 6.07 Å². The summed E-state index contributed by atoms with van der Waals surface area (Å²) in [6.45, 7) is 3.34. The number of likely N-dealkylation sites (tertiary alicyclic amines) is 1. The maximum atomic E-state index is 11.1. The van der Waals surface area contributed by atoms with Crippen LogP contribution in [0, 0.1) is 0 Å². The minimum Gasteiger partial charge on any atom is -0.474 e. The lowest BCUT2D eigenvalue weighted by Gasteiger charge is -2.30. The van der Waals surface area contributed by atoms with E-state index >= 15 is 0 Å². The smallest absolute Gasteiger partial charge is 0.407 e. The first kappa shape index (κ1) is 19.9.